The minimum atomic E-state index is -1.94. The van der Waals surface area contributed by atoms with Crippen LogP contribution in [0.25, 0.3) is 21.0 Å². The standard InChI is InChI=1S/C86H121N21O22S2/c1-7-9-21-64-78(122)95-55(20-15-30-91-86(89)90)74(118)102-63(73(117)93-39-70(88)114)44-130-45-71(115)94-58(33-47-25-27-50(111)28-26-47)81(125)103(4)46(3)72(116)98-60(37-69(87)113)83(127)106-31-16-23-65(106)79(123)96-56(29-32-108)75(119)101-62(42-110)84(128)107-40-51(112)36-67(107)80(124)97-57(34-48-38-92-54-19-13-11-17-52(48)54)76(120)100-61(41-109)77(121)99-59(35-49-43-131-68-24-14-12-18-53(49)68)82(126)105(6)66(22-10-8-2)85(129)104(64)5/h11-14,17-19,24-28,38,43,46,51,55-67,92,108-112H,7-10,15-16,20-23,29-37,39-42,44-45H2,1-6H3,(H2,87,113)(H2,88,114)(H,93,117)(H,94,115)(H,95,122)(H,96,123)(H,97,124)(H,98,116)(H,99,121)(H,100,120)(H,101,119)(H,102,118)(H4,89,90,91)/t46-,51+,55-,56-,57-,58-,59-,60-,61-,62-,63?,64-,65-,66-,67-/m0/s1. The van der Waals surface area contributed by atoms with E-state index in [-0.39, 0.29) is 76.6 Å². The molecular formula is C86H121N21O22S2. The number of nitrogens with two attached hydrogens (primary N) is 3. The van der Waals surface area contributed by atoms with E-state index in [1.807, 2.05) is 19.9 Å². The van der Waals surface area contributed by atoms with Gasteiger partial charge in [0.25, 0.3) is 0 Å². The Morgan fingerprint density at radius 1 is 0.534 bits per heavy atom. The van der Waals surface area contributed by atoms with E-state index in [2.05, 4.69) is 63.5 Å². The van der Waals surface area contributed by atoms with Crippen LogP contribution in [0.15, 0.2) is 84.4 Å². The summed E-state index contributed by atoms with van der Waals surface area (Å²) in [5, 5.41) is 92.6. The van der Waals surface area contributed by atoms with Crippen LogP contribution in [0.4, 0.5) is 0 Å². The van der Waals surface area contributed by atoms with Crippen molar-refractivity contribution in [3.63, 3.8) is 0 Å². The van der Waals surface area contributed by atoms with Crippen LogP contribution in [0, 0.1) is 5.41 Å². The molecule has 3 aliphatic rings. The summed E-state index contributed by atoms with van der Waals surface area (Å²) in [6.07, 6.45) is -1.23. The van der Waals surface area contributed by atoms with Crippen molar-refractivity contribution in [3.05, 3.63) is 101 Å². The summed E-state index contributed by atoms with van der Waals surface area (Å²) in [6.45, 7) is 0.325. The van der Waals surface area contributed by atoms with E-state index < -0.39 is 261 Å². The van der Waals surface area contributed by atoms with Crippen LogP contribution in [0.3, 0.4) is 0 Å². The molecule has 43 nitrogen and oxygen atoms in total. The summed E-state index contributed by atoms with van der Waals surface area (Å²) in [6, 6.07) is -3.25. The number of carbonyl (C=O) groups excluding carboxylic acids is 17. The summed E-state index contributed by atoms with van der Waals surface area (Å²) in [5.41, 5.74) is 18.7. The fourth-order valence-electron chi connectivity index (χ4n) is 15.7. The topological polar surface area (TPSA) is 658 Å². The number of thioether (sulfide) groups is 1. The number of nitrogens with zero attached hydrogens (tertiary/aromatic N) is 5. The molecule has 3 saturated heterocycles. The van der Waals surface area contributed by atoms with Crippen LogP contribution < -0.4 is 75.7 Å². The summed E-state index contributed by atoms with van der Waals surface area (Å²) in [7, 11) is 3.86. The number of aromatic hydroxyl groups is 1. The van der Waals surface area contributed by atoms with Crippen LogP contribution in [0.2, 0.25) is 0 Å². The molecule has 2 aromatic heterocycles. The zero-order chi connectivity index (χ0) is 96.0. The van der Waals surface area contributed by atoms with Crippen LogP contribution in [0.1, 0.15) is 121 Å². The fraction of sp³-hybridized carbons (Fsp3) is 0.535. The van der Waals surface area contributed by atoms with Crippen molar-refractivity contribution in [2.24, 2.45) is 17.2 Å². The van der Waals surface area contributed by atoms with E-state index in [1.54, 1.807) is 54.0 Å². The molecule has 131 heavy (non-hydrogen) atoms. The molecule has 45 heteroatoms. The van der Waals surface area contributed by atoms with Crippen molar-refractivity contribution in [3.8, 4) is 5.75 Å². The monoisotopic (exact) mass is 1860 g/mol. The zero-order valence-corrected chi connectivity index (χ0v) is 75.5. The Morgan fingerprint density at radius 3 is 1.76 bits per heavy atom. The number of para-hydroxylation sites is 1. The number of fused-ring (bicyclic) bond motifs is 4. The fourth-order valence-corrected chi connectivity index (χ4v) is 17.6. The molecule has 5 aromatic rings. The van der Waals surface area contributed by atoms with Crippen molar-refractivity contribution in [2.45, 2.75) is 214 Å². The first-order valence-corrected chi connectivity index (χ1v) is 45.4. The average Bonchev–Trinajstić information content (AvgIpc) is 1.58. The second-order valence-corrected chi connectivity index (χ2v) is 34.6. The van der Waals surface area contributed by atoms with Crippen molar-refractivity contribution >= 4 is 150 Å². The number of carbonyl (C=O) groups is 17. The van der Waals surface area contributed by atoms with Gasteiger partial charge in [-0.25, -0.2) is 0 Å². The molecule has 0 spiro atoms. The molecule has 0 aliphatic carbocycles. The van der Waals surface area contributed by atoms with Crippen molar-refractivity contribution in [1.29, 1.82) is 5.41 Å². The van der Waals surface area contributed by atoms with E-state index in [0.29, 0.717) is 58.7 Å². The van der Waals surface area contributed by atoms with Crippen LogP contribution in [0.5, 0.6) is 5.75 Å². The van der Waals surface area contributed by atoms with Crippen molar-refractivity contribution in [1.82, 2.24) is 88.0 Å². The maximum absolute atomic E-state index is 15.7. The quantitative estimate of drug-likeness (QED) is 0.0148. The highest BCUT2D eigenvalue weighted by Crippen LogP contribution is 2.30. The van der Waals surface area contributed by atoms with Gasteiger partial charge in [-0.1, -0.05) is 88.1 Å². The number of unbranched alkanes of at least 4 members (excludes halogenated alkanes) is 2. The number of H-pyrrole nitrogens is 1. The molecule has 3 fully saturated rings. The number of aliphatic hydroxyl groups excluding tert-OH is 4. The third-order valence-electron chi connectivity index (χ3n) is 23.1. The number of thiophene rings is 1. The minimum Gasteiger partial charge on any atom is -0.508 e. The van der Waals surface area contributed by atoms with Crippen LogP contribution >= 0.6 is 23.1 Å². The highest BCUT2D eigenvalue weighted by Gasteiger charge is 2.47. The second kappa shape index (κ2) is 50.0. The summed E-state index contributed by atoms with van der Waals surface area (Å²) in [4.78, 5) is 255. The third kappa shape index (κ3) is 29.0. The Balaban J connectivity index is 1.18. The van der Waals surface area contributed by atoms with Crippen LogP contribution in [-0.4, -0.2) is 331 Å². The molecule has 0 saturated carbocycles. The number of hydrogen-bond donors (Lipinski definition) is 21. The number of rotatable bonds is 25. The number of guanidine groups is 1. The van der Waals surface area contributed by atoms with Gasteiger partial charge in [0.15, 0.2) is 5.96 Å². The highest BCUT2D eigenvalue weighted by atomic mass is 32.2. The van der Waals surface area contributed by atoms with Gasteiger partial charge in [0.2, 0.25) is 100 Å². The number of aromatic amines is 1. The number of primary amides is 2. The number of phenols is 1. The molecule has 17 amide bonds. The molecular weight excluding hydrogens is 1740 g/mol. The molecule has 3 aromatic carbocycles. The van der Waals surface area contributed by atoms with E-state index >= 15 is 24.0 Å². The van der Waals surface area contributed by atoms with Gasteiger partial charge in [-0.2, -0.15) is 0 Å². The number of likely N-dealkylation sites (N-methyl/N-ethyl adjacent to an activating group) is 3. The number of amides is 17. The first kappa shape index (κ1) is 104. The first-order valence-electron chi connectivity index (χ1n) is 43.3. The summed E-state index contributed by atoms with van der Waals surface area (Å²) >= 11 is 2.08. The number of hydrogen-bond acceptors (Lipinski definition) is 25. The molecule has 0 radical (unpaired) electrons. The lowest BCUT2D eigenvalue weighted by atomic mass is 10.00. The van der Waals surface area contributed by atoms with Gasteiger partial charge >= 0.3 is 0 Å². The molecule has 714 valence electrons. The van der Waals surface area contributed by atoms with Gasteiger partial charge in [-0.15, -0.1) is 23.1 Å². The number of phenolic OH excluding ortho intramolecular Hbond substituents is 1. The number of aromatic nitrogens is 1. The van der Waals surface area contributed by atoms with Gasteiger partial charge < -0.3 is 131 Å². The van der Waals surface area contributed by atoms with Gasteiger partial charge in [-0.3, -0.25) is 86.9 Å². The Morgan fingerprint density at radius 2 is 1.09 bits per heavy atom. The zero-order valence-electron chi connectivity index (χ0n) is 73.9. The number of aliphatic hydroxyl groups is 4. The Labute approximate surface area is 763 Å². The lowest BCUT2D eigenvalue weighted by Crippen LogP contribution is -2.62. The molecule has 1 unspecified atom stereocenters. The van der Waals surface area contributed by atoms with Crippen molar-refractivity contribution in [2.75, 3.05) is 78.6 Å². The van der Waals surface area contributed by atoms with E-state index in [1.165, 1.54) is 63.7 Å². The molecule has 3 aliphatic heterocycles. The molecule has 8 rings (SSSR count). The second-order valence-electron chi connectivity index (χ2n) is 32.7. The Kier molecular flexibility index (Phi) is 39.6. The smallest absolute Gasteiger partial charge is 0.248 e. The van der Waals surface area contributed by atoms with E-state index in [9.17, 15) is 83.1 Å². The number of benzene rings is 3. The minimum absolute atomic E-state index is 0.0172. The third-order valence-corrected chi connectivity index (χ3v) is 25.2. The largest absolute Gasteiger partial charge is 0.508 e. The van der Waals surface area contributed by atoms with Gasteiger partial charge in [0.1, 0.15) is 90.3 Å². The molecule has 5 heterocycles. The van der Waals surface area contributed by atoms with Crippen LogP contribution in [-0.2, 0) is 101 Å². The van der Waals surface area contributed by atoms with Gasteiger partial charge in [0, 0.05) is 101 Å². The normalized spacial score (nSPS) is 25.1. The molecule has 24 N–H and O–H groups in total. The molecule has 15 atom stereocenters. The Hall–Kier alpha value is -12.6. The highest BCUT2D eigenvalue weighted by molar-refractivity contribution is 8.00. The number of nitrogens with one attached hydrogen (secondary N) is 13. The predicted octanol–water partition coefficient (Wildman–Crippen LogP) is -4.83. The SMILES string of the molecule is CCCC[C@H]1C(=O)N(C)[C@@H](CCCC)C(=O)N[C@@H](CCCNC(=N)N)C(=O)NC(C(=O)NCC(N)=O)CSCC(=O)N[C@@H](Cc2ccc(O)cc2)C(=O)N(C)[C@@H](C)C(=O)N[C@@H](CC(N)=O)C(=O)N2CCC[C@H]2C(=O)N[C@@H](CCO)C(=O)N[C@@H](CO)C(=O)N2C[C@H](O)C[C@H]2C(=O)N[C@@H](Cc2c[nH]c3ccccc23)C(=O)N[C@@H](CO)C(=O)N[C@@H](Cc2csc3ccccc23)C(=O)N1C. The lowest BCUT2D eigenvalue weighted by Gasteiger charge is -2.36. The molecule has 0 bridgehead atoms. The van der Waals surface area contributed by atoms with E-state index in [4.69, 9.17) is 22.6 Å². The maximum atomic E-state index is 15.7. The summed E-state index contributed by atoms with van der Waals surface area (Å²) in [5.74, 6) is -18.7. The van der Waals surface area contributed by atoms with E-state index in [0.717, 1.165) is 41.0 Å². The Bertz CT molecular complexity index is 4920. The maximum Gasteiger partial charge on any atom is 0.248 e. The van der Waals surface area contributed by atoms with Gasteiger partial charge in [0.05, 0.1) is 38.0 Å². The average molecular weight is 1870 g/mol. The van der Waals surface area contributed by atoms with Crippen molar-refractivity contribution < 1.29 is 107 Å². The summed E-state index contributed by atoms with van der Waals surface area (Å²) < 4.78 is 0.797. The van der Waals surface area contributed by atoms with Gasteiger partial charge in [-0.05, 0) is 104 Å². The lowest BCUT2D eigenvalue weighted by molar-refractivity contribution is -0.149. The predicted molar refractivity (Wildman–Crippen MR) is 480 cm³/mol. The first-order chi connectivity index (χ1) is 62.4.